The molecule has 0 saturated carbocycles. The van der Waals surface area contributed by atoms with Crippen LogP contribution in [-0.4, -0.2) is 67.8 Å². The van der Waals surface area contributed by atoms with Crippen LogP contribution in [0.1, 0.15) is 32.1 Å². The Bertz CT molecular complexity index is 269. The molecule has 0 aliphatic carbocycles. The van der Waals surface area contributed by atoms with E-state index in [0.29, 0.717) is 19.1 Å². The molecule has 1 N–H and O–H groups in total. The van der Waals surface area contributed by atoms with Gasteiger partial charge in [0, 0.05) is 19.1 Å². The van der Waals surface area contributed by atoms with Gasteiger partial charge in [0.1, 0.15) is 0 Å². The van der Waals surface area contributed by atoms with E-state index in [1.807, 2.05) is 0 Å². The highest BCUT2D eigenvalue weighted by Crippen LogP contribution is 2.19. The molecule has 3 nitrogen and oxygen atoms in total. The molecule has 0 spiro atoms. The van der Waals surface area contributed by atoms with E-state index in [0.717, 1.165) is 25.9 Å². The summed E-state index contributed by atoms with van der Waals surface area (Å²) in [6, 6.07) is 0.393. The van der Waals surface area contributed by atoms with Crippen LogP contribution in [0, 0.1) is 0 Å². The molecule has 2 saturated heterocycles. The molecule has 0 aromatic rings. The van der Waals surface area contributed by atoms with Crippen LogP contribution in [0.4, 0.5) is 13.2 Å². The van der Waals surface area contributed by atoms with Crippen LogP contribution in [0.5, 0.6) is 0 Å². The van der Waals surface area contributed by atoms with E-state index in [2.05, 4.69) is 10.2 Å². The maximum absolute atomic E-state index is 12.3. The number of nitrogens with zero attached hydrogens (tertiary/aromatic N) is 2. The molecule has 0 amide bonds. The Labute approximate surface area is 119 Å². The molecule has 20 heavy (non-hydrogen) atoms. The number of likely N-dealkylation sites (tertiary alicyclic amines) is 2. The van der Waals surface area contributed by atoms with Gasteiger partial charge in [-0.05, 0) is 51.9 Å². The summed E-state index contributed by atoms with van der Waals surface area (Å²) in [7, 11) is 0. The van der Waals surface area contributed by atoms with Gasteiger partial charge in [0.05, 0.1) is 6.54 Å². The van der Waals surface area contributed by atoms with Crippen molar-refractivity contribution < 1.29 is 13.2 Å². The minimum Gasteiger partial charge on any atom is -0.313 e. The number of halogens is 3. The quantitative estimate of drug-likeness (QED) is 0.837. The molecule has 0 unspecified atom stereocenters. The SMILES string of the molecule is FC(F)(F)CN1CCC(NCCN2CCCCC2)CC1. The van der Waals surface area contributed by atoms with Crippen molar-refractivity contribution in [1.29, 1.82) is 0 Å². The van der Waals surface area contributed by atoms with E-state index < -0.39 is 12.7 Å². The largest absolute Gasteiger partial charge is 0.401 e. The number of nitrogens with one attached hydrogen (secondary N) is 1. The Kier molecular flexibility index (Phi) is 6.11. The van der Waals surface area contributed by atoms with E-state index in [4.69, 9.17) is 0 Å². The third-order valence-corrected chi connectivity index (χ3v) is 4.30. The van der Waals surface area contributed by atoms with E-state index in [1.165, 1.54) is 37.3 Å². The van der Waals surface area contributed by atoms with Crippen molar-refractivity contribution in [3.63, 3.8) is 0 Å². The normalized spacial score (nSPS) is 24.1. The highest BCUT2D eigenvalue weighted by Gasteiger charge is 2.32. The average Bonchev–Trinajstić information content (AvgIpc) is 2.40. The van der Waals surface area contributed by atoms with Crippen LogP contribution in [0.15, 0.2) is 0 Å². The summed E-state index contributed by atoms with van der Waals surface area (Å²) >= 11 is 0. The van der Waals surface area contributed by atoms with Gasteiger partial charge in [-0.1, -0.05) is 6.42 Å². The third kappa shape index (κ3) is 5.97. The molecule has 2 aliphatic heterocycles. The highest BCUT2D eigenvalue weighted by molar-refractivity contribution is 4.79. The van der Waals surface area contributed by atoms with Crippen LogP contribution in [-0.2, 0) is 0 Å². The number of piperidine rings is 2. The third-order valence-electron chi connectivity index (χ3n) is 4.30. The van der Waals surface area contributed by atoms with E-state index in [1.54, 1.807) is 0 Å². The van der Waals surface area contributed by atoms with E-state index >= 15 is 0 Å². The smallest absolute Gasteiger partial charge is 0.313 e. The summed E-state index contributed by atoms with van der Waals surface area (Å²) in [4.78, 5) is 4.00. The molecule has 0 atom stereocenters. The van der Waals surface area contributed by atoms with Gasteiger partial charge in [0.2, 0.25) is 0 Å². The molecular formula is C14H26F3N3. The molecular weight excluding hydrogens is 267 g/mol. The Morgan fingerprint density at radius 2 is 1.55 bits per heavy atom. The topological polar surface area (TPSA) is 18.5 Å². The van der Waals surface area contributed by atoms with Crippen molar-refractivity contribution in [1.82, 2.24) is 15.1 Å². The lowest BCUT2D eigenvalue weighted by atomic mass is 10.1. The molecule has 6 heteroatoms. The van der Waals surface area contributed by atoms with Crippen molar-refractivity contribution in [3.8, 4) is 0 Å². The lowest BCUT2D eigenvalue weighted by Gasteiger charge is -2.33. The zero-order valence-corrected chi connectivity index (χ0v) is 12.1. The average molecular weight is 293 g/mol. The van der Waals surface area contributed by atoms with Crippen LogP contribution in [0.25, 0.3) is 0 Å². The van der Waals surface area contributed by atoms with Gasteiger partial charge in [0.15, 0.2) is 0 Å². The maximum Gasteiger partial charge on any atom is 0.401 e. The van der Waals surface area contributed by atoms with Crippen molar-refractivity contribution in [2.45, 2.75) is 44.3 Å². The van der Waals surface area contributed by atoms with Crippen molar-refractivity contribution in [2.75, 3.05) is 45.8 Å². The Morgan fingerprint density at radius 3 is 2.15 bits per heavy atom. The Balaban J connectivity index is 1.55. The predicted molar refractivity (Wildman–Crippen MR) is 73.8 cm³/mol. The summed E-state index contributed by atoms with van der Waals surface area (Å²) < 4.78 is 36.8. The van der Waals surface area contributed by atoms with Gasteiger partial charge in [-0.2, -0.15) is 13.2 Å². The van der Waals surface area contributed by atoms with Gasteiger partial charge in [-0.3, -0.25) is 4.90 Å². The first-order chi connectivity index (χ1) is 9.53. The van der Waals surface area contributed by atoms with E-state index in [-0.39, 0.29) is 0 Å². The summed E-state index contributed by atoms with van der Waals surface area (Å²) in [6.45, 7) is 4.79. The second-order valence-corrected chi connectivity index (χ2v) is 6.02. The van der Waals surface area contributed by atoms with Crippen LogP contribution in [0.3, 0.4) is 0 Å². The Morgan fingerprint density at radius 1 is 0.900 bits per heavy atom. The lowest BCUT2D eigenvalue weighted by molar-refractivity contribution is -0.148. The molecule has 2 fully saturated rings. The van der Waals surface area contributed by atoms with Gasteiger partial charge in [-0.15, -0.1) is 0 Å². The van der Waals surface area contributed by atoms with Gasteiger partial charge >= 0.3 is 6.18 Å². The lowest BCUT2D eigenvalue weighted by Crippen LogP contribution is -2.47. The maximum atomic E-state index is 12.3. The van der Waals surface area contributed by atoms with Gasteiger partial charge < -0.3 is 10.2 Å². The van der Waals surface area contributed by atoms with Crippen molar-refractivity contribution in [2.24, 2.45) is 0 Å². The summed E-state index contributed by atoms with van der Waals surface area (Å²) in [5, 5.41) is 3.50. The monoisotopic (exact) mass is 293 g/mol. The van der Waals surface area contributed by atoms with Crippen LogP contribution >= 0.6 is 0 Å². The standard InChI is InChI=1S/C14H26F3N3/c15-14(16,17)12-20-9-4-13(5-10-20)18-6-11-19-7-2-1-3-8-19/h13,18H,1-12H2. The summed E-state index contributed by atoms with van der Waals surface area (Å²) in [6.07, 6.45) is 1.55. The van der Waals surface area contributed by atoms with E-state index in [9.17, 15) is 13.2 Å². The summed E-state index contributed by atoms with van der Waals surface area (Å²) in [5.74, 6) is 0. The minimum atomic E-state index is -4.06. The molecule has 0 radical (unpaired) electrons. The molecule has 0 aromatic heterocycles. The second-order valence-electron chi connectivity index (χ2n) is 6.02. The second kappa shape index (κ2) is 7.61. The zero-order valence-electron chi connectivity index (χ0n) is 12.1. The first-order valence-corrected chi connectivity index (χ1v) is 7.78. The number of hydrogen-bond donors (Lipinski definition) is 1. The first-order valence-electron chi connectivity index (χ1n) is 7.78. The number of hydrogen-bond acceptors (Lipinski definition) is 3. The molecule has 0 bridgehead atoms. The van der Waals surface area contributed by atoms with Crippen LogP contribution < -0.4 is 5.32 Å². The van der Waals surface area contributed by atoms with Crippen molar-refractivity contribution in [3.05, 3.63) is 0 Å². The number of alkyl halides is 3. The summed E-state index contributed by atoms with van der Waals surface area (Å²) in [5.41, 5.74) is 0. The molecule has 2 aliphatic rings. The van der Waals surface area contributed by atoms with Gasteiger partial charge in [0.25, 0.3) is 0 Å². The molecule has 0 aromatic carbocycles. The molecule has 118 valence electrons. The fourth-order valence-electron chi connectivity index (χ4n) is 3.16. The fraction of sp³-hybridized carbons (Fsp3) is 1.00. The Hall–Kier alpha value is -0.330. The molecule has 2 rings (SSSR count). The van der Waals surface area contributed by atoms with Crippen LogP contribution in [0.2, 0.25) is 0 Å². The van der Waals surface area contributed by atoms with Crippen molar-refractivity contribution >= 4 is 0 Å². The van der Waals surface area contributed by atoms with Gasteiger partial charge in [-0.25, -0.2) is 0 Å². The number of rotatable bonds is 5. The molecule has 2 heterocycles. The zero-order chi connectivity index (χ0) is 14.4. The predicted octanol–water partition coefficient (Wildman–Crippen LogP) is 2.09. The highest BCUT2D eigenvalue weighted by atomic mass is 19.4. The fourth-order valence-corrected chi connectivity index (χ4v) is 3.16. The first kappa shape index (κ1) is 16.0. The minimum absolute atomic E-state index is 0.393.